The van der Waals surface area contributed by atoms with Crippen LogP contribution in [0.25, 0.3) is 22.6 Å². The summed E-state index contributed by atoms with van der Waals surface area (Å²) in [4.78, 5) is 7.98. The Morgan fingerprint density at radius 1 is 0.783 bits per heavy atom. The van der Waals surface area contributed by atoms with Crippen molar-refractivity contribution in [1.29, 1.82) is 0 Å². The number of benzene rings is 2. The molecular formula is C17H10BrF3N2. The molecule has 0 N–H and O–H groups in total. The molecular weight excluding hydrogens is 369 g/mol. The van der Waals surface area contributed by atoms with E-state index >= 15 is 0 Å². The second-order valence-corrected chi connectivity index (χ2v) is 5.75. The van der Waals surface area contributed by atoms with Crippen LogP contribution in [0.2, 0.25) is 0 Å². The molecule has 0 radical (unpaired) electrons. The van der Waals surface area contributed by atoms with Gasteiger partial charge in [-0.15, -0.1) is 0 Å². The lowest BCUT2D eigenvalue weighted by atomic mass is 10.1. The molecule has 0 fully saturated rings. The topological polar surface area (TPSA) is 25.8 Å². The Hall–Kier alpha value is -2.21. The van der Waals surface area contributed by atoms with Crippen molar-refractivity contribution in [3.8, 4) is 22.6 Å². The van der Waals surface area contributed by atoms with E-state index in [1.807, 2.05) is 0 Å². The first kappa shape index (κ1) is 15.7. The Kier molecular flexibility index (Phi) is 4.17. The maximum Gasteiger partial charge on any atom is 0.433 e. The first-order valence-electron chi connectivity index (χ1n) is 6.71. The third kappa shape index (κ3) is 3.59. The molecule has 3 rings (SSSR count). The quantitative estimate of drug-likeness (QED) is 0.580. The normalized spacial score (nSPS) is 11.5. The van der Waals surface area contributed by atoms with Crippen molar-refractivity contribution >= 4 is 15.9 Å². The van der Waals surface area contributed by atoms with Gasteiger partial charge in [0.2, 0.25) is 0 Å². The number of nitrogens with zero attached hydrogens (tertiary/aromatic N) is 2. The van der Waals surface area contributed by atoms with Crippen LogP contribution in [0.1, 0.15) is 5.69 Å². The highest BCUT2D eigenvalue weighted by molar-refractivity contribution is 9.10. The molecule has 0 aliphatic rings. The molecule has 0 unspecified atom stereocenters. The van der Waals surface area contributed by atoms with Crippen LogP contribution < -0.4 is 0 Å². The van der Waals surface area contributed by atoms with Crippen molar-refractivity contribution in [2.45, 2.75) is 6.18 Å². The summed E-state index contributed by atoms with van der Waals surface area (Å²) >= 11 is 3.30. The SMILES string of the molecule is FC(F)(F)c1cc(-c2ccccc2)nc(-c2cccc(Br)c2)n1. The van der Waals surface area contributed by atoms with Gasteiger partial charge in [-0.25, -0.2) is 9.97 Å². The van der Waals surface area contributed by atoms with Gasteiger partial charge in [0.05, 0.1) is 5.69 Å². The third-order valence-corrected chi connectivity index (χ3v) is 3.66. The molecule has 0 saturated carbocycles. The molecule has 0 aliphatic carbocycles. The van der Waals surface area contributed by atoms with Gasteiger partial charge in [-0.3, -0.25) is 0 Å². The van der Waals surface area contributed by atoms with E-state index in [1.54, 1.807) is 54.6 Å². The maximum absolute atomic E-state index is 13.2. The zero-order valence-corrected chi connectivity index (χ0v) is 13.3. The molecule has 2 aromatic carbocycles. The molecule has 3 aromatic rings. The van der Waals surface area contributed by atoms with Gasteiger partial charge in [-0.05, 0) is 18.2 Å². The molecule has 2 nitrogen and oxygen atoms in total. The zero-order valence-electron chi connectivity index (χ0n) is 11.7. The van der Waals surface area contributed by atoms with Gasteiger partial charge in [0.1, 0.15) is 5.69 Å². The first-order valence-corrected chi connectivity index (χ1v) is 7.50. The summed E-state index contributed by atoms with van der Waals surface area (Å²) in [6.07, 6.45) is -4.53. The lowest BCUT2D eigenvalue weighted by Gasteiger charge is -2.11. The molecule has 1 heterocycles. The number of alkyl halides is 3. The highest BCUT2D eigenvalue weighted by Crippen LogP contribution is 2.32. The Bertz CT molecular complexity index is 833. The second kappa shape index (κ2) is 6.12. The van der Waals surface area contributed by atoms with Crippen LogP contribution in [0.15, 0.2) is 65.1 Å². The van der Waals surface area contributed by atoms with Crippen LogP contribution in [-0.2, 0) is 6.18 Å². The van der Waals surface area contributed by atoms with Gasteiger partial charge in [0.15, 0.2) is 5.82 Å². The lowest BCUT2D eigenvalue weighted by Crippen LogP contribution is -2.10. The summed E-state index contributed by atoms with van der Waals surface area (Å²) in [6, 6.07) is 16.6. The van der Waals surface area contributed by atoms with Crippen LogP contribution in [0.5, 0.6) is 0 Å². The van der Waals surface area contributed by atoms with E-state index < -0.39 is 11.9 Å². The monoisotopic (exact) mass is 378 g/mol. The van der Waals surface area contributed by atoms with E-state index in [-0.39, 0.29) is 11.5 Å². The van der Waals surface area contributed by atoms with Gasteiger partial charge >= 0.3 is 6.18 Å². The average molecular weight is 379 g/mol. The number of hydrogen-bond donors (Lipinski definition) is 0. The largest absolute Gasteiger partial charge is 0.433 e. The number of aromatic nitrogens is 2. The van der Waals surface area contributed by atoms with Crippen LogP contribution in [0.4, 0.5) is 13.2 Å². The molecule has 0 aliphatic heterocycles. The molecule has 0 saturated heterocycles. The number of hydrogen-bond acceptors (Lipinski definition) is 2. The van der Waals surface area contributed by atoms with E-state index in [0.717, 1.165) is 10.5 Å². The molecule has 23 heavy (non-hydrogen) atoms. The second-order valence-electron chi connectivity index (χ2n) is 4.84. The lowest BCUT2D eigenvalue weighted by molar-refractivity contribution is -0.141. The Balaban J connectivity index is 2.20. The van der Waals surface area contributed by atoms with Crippen molar-refractivity contribution in [3.05, 3.63) is 70.8 Å². The van der Waals surface area contributed by atoms with Crippen LogP contribution in [0.3, 0.4) is 0 Å². The first-order chi connectivity index (χ1) is 10.9. The zero-order chi connectivity index (χ0) is 16.4. The number of halogens is 4. The summed E-state index contributed by atoms with van der Waals surface area (Å²) in [5.74, 6) is 0.0416. The fraction of sp³-hybridized carbons (Fsp3) is 0.0588. The highest BCUT2D eigenvalue weighted by Gasteiger charge is 2.33. The van der Waals surface area contributed by atoms with Crippen LogP contribution in [0, 0.1) is 0 Å². The van der Waals surface area contributed by atoms with Crippen molar-refractivity contribution in [2.75, 3.05) is 0 Å². The maximum atomic E-state index is 13.2. The van der Waals surface area contributed by atoms with Crippen molar-refractivity contribution in [3.63, 3.8) is 0 Å². The fourth-order valence-electron chi connectivity index (χ4n) is 2.11. The molecule has 116 valence electrons. The van der Waals surface area contributed by atoms with Gasteiger partial charge in [-0.2, -0.15) is 13.2 Å². The Labute approximate surface area is 139 Å². The van der Waals surface area contributed by atoms with E-state index in [4.69, 9.17) is 0 Å². The van der Waals surface area contributed by atoms with E-state index in [0.29, 0.717) is 11.1 Å². The third-order valence-electron chi connectivity index (χ3n) is 3.17. The average Bonchev–Trinajstić information content (AvgIpc) is 2.54. The fourth-order valence-corrected chi connectivity index (χ4v) is 2.51. The summed E-state index contributed by atoms with van der Waals surface area (Å²) in [5, 5.41) is 0. The van der Waals surface area contributed by atoms with Crippen molar-refractivity contribution in [2.24, 2.45) is 0 Å². The summed E-state index contributed by atoms with van der Waals surface area (Å²) in [7, 11) is 0. The minimum absolute atomic E-state index is 0.0416. The van der Waals surface area contributed by atoms with E-state index in [9.17, 15) is 13.2 Å². The van der Waals surface area contributed by atoms with Crippen molar-refractivity contribution < 1.29 is 13.2 Å². The van der Waals surface area contributed by atoms with E-state index in [1.165, 1.54) is 0 Å². The highest BCUT2D eigenvalue weighted by atomic mass is 79.9. The predicted octanol–water partition coefficient (Wildman–Crippen LogP) is 5.59. The molecule has 0 amide bonds. The van der Waals surface area contributed by atoms with Gasteiger partial charge in [-0.1, -0.05) is 58.4 Å². The number of rotatable bonds is 2. The minimum Gasteiger partial charge on any atom is -0.228 e. The molecule has 0 atom stereocenters. The smallest absolute Gasteiger partial charge is 0.228 e. The van der Waals surface area contributed by atoms with Gasteiger partial charge < -0.3 is 0 Å². The molecule has 0 spiro atoms. The van der Waals surface area contributed by atoms with Crippen LogP contribution in [-0.4, -0.2) is 9.97 Å². The summed E-state index contributed by atoms with van der Waals surface area (Å²) < 4.78 is 40.2. The molecule has 0 bridgehead atoms. The van der Waals surface area contributed by atoms with Gasteiger partial charge in [0.25, 0.3) is 0 Å². The van der Waals surface area contributed by atoms with Gasteiger partial charge in [0, 0.05) is 15.6 Å². The summed E-state index contributed by atoms with van der Waals surface area (Å²) in [6.45, 7) is 0. The Morgan fingerprint density at radius 3 is 2.13 bits per heavy atom. The van der Waals surface area contributed by atoms with E-state index in [2.05, 4.69) is 25.9 Å². The van der Waals surface area contributed by atoms with Crippen LogP contribution >= 0.6 is 15.9 Å². The predicted molar refractivity (Wildman–Crippen MR) is 85.6 cm³/mol. The standard InChI is InChI=1S/C17H10BrF3N2/c18-13-8-4-7-12(9-13)16-22-14(11-5-2-1-3-6-11)10-15(23-16)17(19,20)21/h1-10H. The van der Waals surface area contributed by atoms with Crippen molar-refractivity contribution in [1.82, 2.24) is 9.97 Å². The minimum atomic E-state index is -4.53. The summed E-state index contributed by atoms with van der Waals surface area (Å²) in [5.41, 5.74) is 0.406. The molecule has 6 heteroatoms. The molecule has 1 aromatic heterocycles. The Morgan fingerprint density at radius 2 is 1.48 bits per heavy atom.